The fourth-order valence-corrected chi connectivity index (χ4v) is 1.63. The summed E-state index contributed by atoms with van der Waals surface area (Å²) in [6, 6.07) is 0. The first-order valence-electron chi connectivity index (χ1n) is 5.34. The van der Waals surface area contributed by atoms with Crippen molar-refractivity contribution in [3.8, 4) is 0 Å². The molecule has 0 spiro atoms. The van der Waals surface area contributed by atoms with E-state index >= 15 is 0 Å². The molecule has 0 heterocycles. The Bertz CT molecular complexity index is 207. The van der Waals surface area contributed by atoms with Crippen LogP contribution in [0.15, 0.2) is 17.9 Å². The predicted molar refractivity (Wildman–Crippen MR) is 55.6 cm³/mol. The summed E-state index contributed by atoms with van der Waals surface area (Å²) in [4.78, 5) is 0. The molecule has 0 saturated heterocycles. The number of unbranched alkanes of at least 4 members (excludes halogenated alkanes) is 3. The Morgan fingerprint density at radius 2 is 2.08 bits per heavy atom. The van der Waals surface area contributed by atoms with Crippen LogP contribution in [-0.4, -0.2) is 10.7 Å². The Morgan fingerprint density at radius 3 is 2.54 bits per heavy atom. The highest BCUT2D eigenvalue weighted by Crippen LogP contribution is 2.43. The van der Waals surface area contributed by atoms with Crippen LogP contribution in [0.5, 0.6) is 0 Å². The van der Waals surface area contributed by atoms with E-state index < -0.39 is 5.60 Å². The van der Waals surface area contributed by atoms with Crippen molar-refractivity contribution in [2.45, 2.75) is 57.5 Å². The van der Waals surface area contributed by atoms with Gasteiger partial charge < -0.3 is 5.11 Å². The zero-order chi connectivity index (χ0) is 9.73. The van der Waals surface area contributed by atoms with Gasteiger partial charge in [0.1, 0.15) is 0 Å². The van der Waals surface area contributed by atoms with Gasteiger partial charge in [-0.2, -0.15) is 0 Å². The van der Waals surface area contributed by atoms with E-state index in [9.17, 15) is 5.11 Å². The molecule has 74 valence electrons. The molecule has 1 nitrogen and oxygen atoms in total. The standard InChI is InChI=1S/C12H20O/c1-3-5-6-7-8-11(4-2)12(13)9-10-12/h13H,2-3,5-10H2,1H3. The molecule has 1 aliphatic rings. The van der Waals surface area contributed by atoms with Crippen molar-refractivity contribution in [3.05, 3.63) is 17.9 Å². The molecule has 1 rings (SSSR count). The molecule has 0 aromatic rings. The van der Waals surface area contributed by atoms with Crippen molar-refractivity contribution in [1.29, 1.82) is 0 Å². The smallest absolute Gasteiger partial charge is 0.0932 e. The van der Waals surface area contributed by atoms with E-state index in [1.54, 1.807) is 0 Å². The van der Waals surface area contributed by atoms with Gasteiger partial charge in [0.15, 0.2) is 0 Å². The van der Waals surface area contributed by atoms with Gasteiger partial charge in [-0.1, -0.05) is 32.8 Å². The third-order valence-electron chi connectivity index (χ3n) is 2.78. The largest absolute Gasteiger partial charge is 0.385 e. The first kappa shape index (κ1) is 10.6. The zero-order valence-electron chi connectivity index (χ0n) is 8.60. The van der Waals surface area contributed by atoms with Crippen LogP contribution in [0.3, 0.4) is 0 Å². The Hall–Kier alpha value is -0.520. The molecule has 0 bridgehead atoms. The summed E-state index contributed by atoms with van der Waals surface area (Å²) in [5, 5.41) is 9.81. The maximum atomic E-state index is 9.81. The van der Waals surface area contributed by atoms with Crippen molar-refractivity contribution in [1.82, 2.24) is 0 Å². The third kappa shape index (κ3) is 3.02. The Balaban J connectivity index is 2.22. The van der Waals surface area contributed by atoms with Crippen LogP contribution in [0.2, 0.25) is 0 Å². The molecule has 0 radical (unpaired) electrons. The highest BCUT2D eigenvalue weighted by atomic mass is 16.3. The molecule has 0 aromatic heterocycles. The van der Waals surface area contributed by atoms with Gasteiger partial charge in [-0.15, -0.1) is 5.73 Å². The maximum absolute atomic E-state index is 9.81. The molecule has 1 N–H and O–H groups in total. The van der Waals surface area contributed by atoms with E-state index in [0.29, 0.717) is 0 Å². The molecule has 1 heteroatoms. The second kappa shape index (κ2) is 4.64. The van der Waals surface area contributed by atoms with E-state index in [0.717, 1.165) is 24.8 Å². The van der Waals surface area contributed by atoms with Gasteiger partial charge in [-0.25, -0.2) is 0 Å². The second-order valence-electron chi connectivity index (χ2n) is 4.00. The molecule has 13 heavy (non-hydrogen) atoms. The predicted octanol–water partition coefficient (Wildman–Crippen LogP) is 3.19. The molecule has 1 saturated carbocycles. The lowest BCUT2D eigenvalue weighted by atomic mass is 10.0. The van der Waals surface area contributed by atoms with Gasteiger partial charge in [-0.3, -0.25) is 0 Å². The van der Waals surface area contributed by atoms with Crippen LogP contribution in [0.4, 0.5) is 0 Å². The van der Waals surface area contributed by atoms with Crippen molar-refractivity contribution in [2.24, 2.45) is 0 Å². The van der Waals surface area contributed by atoms with E-state index in [4.69, 9.17) is 0 Å². The Morgan fingerprint density at radius 1 is 1.38 bits per heavy atom. The van der Waals surface area contributed by atoms with Gasteiger partial charge in [0.25, 0.3) is 0 Å². The van der Waals surface area contributed by atoms with Crippen LogP contribution in [0.25, 0.3) is 0 Å². The van der Waals surface area contributed by atoms with Crippen LogP contribution >= 0.6 is 0 Å². The van der Waals surface area contributed by atoms with E-state index in [1.807, 2.05) is 0 Å². The first-order chi connectivity index (χ1) is 6.23. The monoisotopic (exact) mass is 180 g/mol. The average molecular weight is 180 g/mol. The summed E-state index contributed by atoms with van der Waals surface area (Å²) in [7, 11) is 0. The third-order valence-corrected chi connectivity index (χ3v) is 2.78. The molecular formula is C12H20O. The minimum absolute atomic E-state index is 0.492. The highest BCUT2D eigenvalue weighted by molar-refractivity contribution is 5.22. The van der Waals surface area contributed by atoms with Crippen molar-refractivity contribution in [2.75, 3.05) is 0 Å². The summed E-state index contributed by atoms with van der Waals surface area (Å²) in [6.07, 6.45) is 7.81. The van der Waals surface area contributed by atoms with Crippen molar-refractivity contribution >= 4 is 0 Å². The second-order valence-corrected chi connectivity index (χ2v) is 4.00. The first-order valence-corrected chi connectivity index (χ1v) is 5.34. The molecule has 0 unspecified atom stereocenters. The number of hydrogen-bond donors (Lipinski definition) is 1. The van der Waals surface area contributed by atoms with Gasteiger partial charge >= 0.3 is 0 Å². The fourth-order valence-electron chi connectivity index (χ4n) is 1.63. The SMILES string of the molecule is C=C=C(CCCCCC)C1(O)CC1. The van der Waals surface area contributed by atoms with Crippen LogP contribution in [0.1, 0.15) is 51.9 Å². The lowest BCUT2D eigenvalue weighted by Crippen LogP contribution is -2.09. The molecule has 0 amide bonds. The minimum Gasteiger partial charge on any atom is -0.385 e. The van der Waals surface area contributed by atoms with E-state index in [1.165, 1.54) is 25.7 Å². The number of aliphatic hydroxyl groups is 1. The van der Waals surface area contributed by atoms with Gasteiger partial charge in [-0.05, 0) is 25.7 Å². The summed E-state index contributed by atoms with van der Waals surface area (Å²) in [6.45, 7) is 5.85. The lowest BCUT2D eigenvalue weighted by molar-refractivity contribution is 0.184. The van der Waals surface area contributed by atoms with E-state index in [2.05, 4.69) is 19.2 Å². The highest BCUT2D eigenvalue weighted by Gasteiger charge is 2.43. The lowest BCUT2D eigenvalue weighted by Gasteiger charge is -2.10. The van der Waals surface area contributed by atoms with Gasteiger partial charge in [0, 0.05) is 5.57 Å². The van der Waals surface area contributed by atoms with Crippen LogP contribution in [-0.2, 0) is 0 Å². The quantitative estimate of drug-likeness (QED) is 0.491. The Labute approximate surface area is 81.2 Å². The summed E-state index contributed by atoms with van der Waals surface area (Å²) >= 11 is 0. The molecule has 0 atom stereocenters. The van der Waals surface area contributed by atoms with Crippen molar-refractivity contribution < 1.29 is 5.11 Å². The summed E-state index contributed by atoms with van der Waals surface area (Å²) < 4.78 is 0. The molecule has 1 fully saturated rings. The average Bonchev–Trinajstić information content (AvgIpc) is 2.85. The number of rotatable bonds is 6. The summed E-state index contributed by atoms with van der Waals surface area (Å²) in [5.41, 5.74) is 3.45. The molecular weight excluding hydrogens is 160 g/mol. The molecule has 0 aliphatic heterocycles. The zero-order valence-corrected chi connectivity index (χ0v) is 8.60. The van der Waals surface area contributed by atoms with Crippen LogP contribution < -0.4 is 0 Å². The minimum atomic E-state index is -0.492. The van der Waals surface area contributed by atoms with Crippen molar-refractivity contribution in [3.63, 3.8) is 0 Å². The van der Waals surface area contributed by atoms with E-state index in [-0.39, 0.29) is 0 Å². The van der Waals surface area contributed by atoms with Crippen LogP contribution in [0, 0.1) is 0 Å². The number of hydrogen-bond acceptors (Lipinski definition) is 1. The summed E-state index contributed by atoms with van der Waals surface area (Å²) in [5.74, 6) is 0. The van der Waals surface area contributed by atoms with Gasteiger partial charge in [0.05, 0.1) is 5.60 Å². The fraction of sp³-hybridized carbons (Fsp3) is 0.750. The maximum Gasteiger partial charge on any atom is 0.0932 e. The normalized spacial score (nSPS) is 18.0. The Kier molecular flexibility index (Phi) is 3.77. The molecule has 0 aromatic carbocycles. The van der Waals surface area contributed by atoms with Gasteiger partial charge in [0.2, 0.25) is 0 Å². The topological polar surface area (TPSA) is 20.2 Å². The molecule has 1 aliphatic carbocycles.